The number of nitrogens with zero attached hydrogens (tertiary/aromatic N) is 1. The second kappa shape index (κ2) is 7.31. The zero-order valence-corrected chi connectivity index (χ0v) is 15.2. The number of rotatable bonds is 5. The van der Waals surface area contributed by atoms with Crippen LogP contribution >= 0.6 is 0 Å². The first-order valence-corrected chi connectivity index (χ1v) is 8.31. The Morgan fingerprint density at radius 1 is 1.04 bits per heavy atom. The fourth-order valence-corrected chi connectivity index (χ4v) is 2.75. The molecular formula is C22H21NO3. The Kier molecular flexibility index (Phi) is 4.94. The van der Waals surface area contributed by atoms with Crippen molar-refractivity contribution in [1.29, 1.82) is 0 Å². The molecule has 0 unspecified atom stereocenters. The predicted octanol–water partition coefficient (Wildman–Crippen LogP) is 5.10. The third kappa shape index (κ3) is 3.54. The second-order valence-electron chi connectivity index (χ2n) is 6.21. The molecule has 3 rings (SSSR count). The fourth-order valence-electron chi connectivity index (χ4n) is 2.75. The van der Waals surface area contributed by atoms with Gasteiger partial charge in [-0.25, -0.2) is 4.79 Å². The molecule has 4 heteroatoms. The summed E-state index contributed by atoms with van der Waals surface area (Å²) in [5.41, 5.74) is 1.84. The molecule has 0 saturated carbocycles. The molecule has 0 radical (unpaired) electrons. The molecule has 132 valence electrons. The zero-order valence-electron chi connectivity index (χ0n) is 15.2. The summed E-state index contributed by atoms with van der Waals surface area (Å²) in [7, 11) is 3.79. The summed E-state index contributed by atoms with van der Waals surface area (Å²) < 4.78 is 11.7. The highest BCUT2D eigenvalue weighted by Gasteiger charge is 2.18. The lowest BCUT2D eigenvalue weighted by Crippen LogP contribution is -2.13. The number of fused-ring (bicyclic) bond motifs is 1. The number of carbonyl (C=O) groups excluding carboxylic acids is 1. The molecular weight excluding hydrogens is 326 g/mol. The lowest BCUT2D eigenvalue weighted by Gasteiger charge is -2.21. The Balaban J connectivity index is 2.24. The summed E-state index contributed by atoms with van der Waals surface area (Å²) in [5, 5.41) is 1.69. The lowest BCUT2D eigenvalue weighted by atomic mass is 10.0. The van der Waals surface area contributed by atoms with Gasteiger partial charge < -0.3 is 14.4 Å². The molecule has 0 bridgehead atoms. The molecule has 0 saturated heterocycles. The first-order chi connectivity index (χ1) is 12.5. The number of benzene rings is 3. The molecule has 0 fully saturated rings. The molecule has 0 aliphatic heterocycles. The summed E-state index contributed by atoms with van der Waals surface area (Å²) >= 11 is 0. The van der Waals surface area contributed by atoms with Crippen LogP contribution < -0.4 is 14.4 Å². The van der Waals surface area contributed by atoms with Crippen LogP contribution in [-0.4, -0.2) is 20.1 Å². The van der Waals surface area contributed by atoms with Gasteiger partial charge in [0, 0.05) is 37.0 Å². The van der Waals surface area contributed by atoms with Gasteiger partial charge in [0.2, 0.25) is 0 Å². The van der Waals surface area contributed by atoms with E-state index < -0.39 is 5.97 Å². The first kappa shape index (κ1) is 17.5. The van der Waals surface area contributed by atoms with Crippen molar-refractivity contribution in [3.05, 3.63) is 72.8 Å². The molecule has 0 aliphatic carbocycles. The second-order valence-corrected chi connectivity index (χ2v) is 6.21. The Morgan fingerprint density at radius 2 is 1.77 bits per heavy atom. The topological polar surface area (TPSA) is 38.8 Å². The van der Waals surface area contributed by atoms with Crippen molar-refractivity contribution in [3.63, 3.8) is 0 Å². The van der Waals surface area contributed by atoms with E-state index in [2.05, 4.69) is 6.58 Å². The van der Waals surface area contributed by atoms with Crippen molar-refractivity contribution in [2.45, 2.75) is 6.92 Å². The minimum Gasteiger partial charge on any atom is -0.457 e. The lowest BCUT2D eigenvalue weighted by molar-refractivity contribution is -0.128. The van der Waals surface area contributed by atoms with E-state index in [0.717, 1.165) is 33.8 Å². The molecule has 4 nitrogen and oxygen atoms in total. The average Bonchev–Trinajstić information content (AvgIpc) is 2.63. The van der Waals surface area contributed by atoms with Gasteiger partial charge in [-0.2, -0.15) is 0 Å². The highest BCUT2D eigenvalue weighted by molar-refractivity contribution is 6.01. The Labute approximate surface area is 153 Å². The van der Waals surface area contributed by atoms with Crippen LogP contribution in [0.1, 0.15) is 5.56 Å². The van der Waals surface area contributed by atoms with Crippen LogP contribution in [0.2, 0.25) is 0 Å². The van der Waals surface area contributed by atoms with Crippen LogP contribution in [0.5, 0.6) is 17.2 Å². The van der Waals surface area contributed by atoms with Crippen LogP contribution in [0.15, 0.2) is 67.3 Å². The molecule has 26 heavy (non-hydrogen) atoms. The van der Waals surface area contributed by atoms with E-state index in [1.807, 2.05) is 80.5 Å². The smallest absolute Gasteiger partial charge is 0.335 e. The van der Waals surface area contributed by atoms with Crippen molar-refractivity contribution in [1.82, 2.24) is 0 Å². The Morgan fingerprint density at radius 3 is 2.42 bits per heavy atom. The third-order valence-corrected chi connectivity index (χ3v) is 4.01. The first-order valence-electron chi connectivity index (χ1n) is 8.31. The van der Waals surface area contributed by atoms with Crippen molar-refractivity contribution in [2.24, 2.45) is 0 Å². The SMILES string of the molecule is C=CC(=O)Oc1c(N(C)C)cc(Oc2ccccc2)c2cc(C)ccc12. The van der Waals surface area contributed by atoms with E-state index in [-0.39, 0.29) is 0 Å². The number of aryl methyl sites for hydroxylation is 1. The molecule has 0 spiro atoms. The maximum absolute atomic E-state index is 11.9. The maximum atomic E-state index is 11.9. The molecule has 0 heterocycles. The van der Waals surface area contributed by atoms with E-state index in [9.17, 15) is 4.79 Å². The van der Waals surface area contributed by atoms with Crippen molar-refractivity contribution < 1.29 is 14.3 Å². The molecule has 0 N–H and O–H groups in total. The predicted molar refractivity (Wildman–Crippen MR) is 105 cm³/mol. The van der Waals surface area contributed by atoms with E-state index in [0.29, 0.717) is 11.5 Å². The van der Waals surface area contributed by atoms with Gasteiger partial charge in [-0.05, 0) is 25.1 Å². The number of esters is 1. The largest absolute Gasteiger partial charge is 0.457 e. The highest BCUT2D eigenvalue weighted by Crippen LogP contribution is 2.43. The van der Waals surface area contributed by atoms with E-state index >= 15 is 0 Å². The van der Waals surface area contributed by atoms with Gasteiger partial charge in [-0.15, -0.1) is 0 Å². The normalized spacial score (nSPS) is 10.4. The molecule has 0 atom stereocenters. The van der Waals surface area contributed by atoms with E-state index in [1.165, 1.54) is 0 Å². The van der Waals surface area contributed by atoms with Gasteiger partial charge in [0.05, 0.1) is 5.69 Å². The quantitative estimate of drug-likeness (QED) is 0.366. The standard InChI is InChI=1S/C22H21NO3/c1-5-21(24)26-22-17-12-11-15(2)13-18(17)20(14-19(22)23(3)4)25-16-9-7-6-8-10-16/h5-14H,1H2,2-4H3. The van der Waals surface area contributed by atoms with Gasteiger partial charge in [0.1, 0.15) is 11.5 Å². The van der Waals surface area contributed by atoms with Crippen molar-refractivity contribution in [2.75, 3.05) is 19.0 Å². The number of hydrogen-bond acceptors (Lipinski definition) is 4. The van der Waals surface area contributed by atoms with Crippen LogP contribution in [0.25, 0.3) is 10.8 Å². The fraction of sp³-hybridized carbons (Fsp3) is 0.136. The summed E-state index contributed by atoms with van der Waals surface area (Å²) in [6.07, 6.45) is 1.16. The van der Waals surface area contributed by atoms with Gasteiger partial charge in [-0.1, -0.05) is 42.5 Å². The van der Waals surface area contributed by atoms with Gasteiger partial charge >= 0.3 is 5.97 Å². The molecule has 3 aromatic rings. The van der Waals surface area contributed by atoms with Gasteiger partial charge in [0.25, 0.3) is 0 Å². The molecule has 0 amide bonds. The number of para-hydroxylation sites is 1. The van der Waals surface area contributed by atoms with Crippen LogP contribution in [0, 0.1) is 6.92 Å². The van der Waals surface area contributed by atoms with Crippen LogP contribution in [0.4, 0.5) is 5.69 Å². The monoisotopic (exact) mass is 347 g/mol. The van der Waals surface area contributed by atoms with Crippen molar-refractivity contribution in [3.8, 4) is 17.2 Å². The number of ether oxygens (including phenoxy) is 2. The summed E-state index contributed by atoms with van der Waals surface area (Å²) in [6.45, 7) is 5.50. The van der Waals surface area contributed by atoms with Gasteiger partial charge in [-0.3, -0.25) is 0 Å². The van der Waals surface area contributed by atoms with Crippen LogP contribution in [0.3, 0.4) is 0 Å². The summed E-state index contributed by atoms with van der Waals surface area (Å²) in [4.78, 5) is 13.7. The Bertz CT molecular complexity index is 962. The van der Waals surface area contributed by atoms with Crippen LogP contribution in [-0.2, 0) is 4.79 Å². The average molecular weight is 347 g/mol. The zero-order chi connectivity index (χ0) is 18.7. The third-order valence-electron chi connectivity index (χ3n) is 4.01. The summed E-state index contributed by atoms with van der Waals surface area (Å²) in [6, 6.07) is 17.5. The minimum absolute atomic E-state index is 0.494. The Hall–Kier alpha value is -3.27. The maximum Gasteiger partial charge on any atom is 0.335 e. The molecule has 3 aromatic carbocycles. The number of anilines is 1. The molecule has 0 aromatic heterocycles. The summed E-state index contributed by atoms with van der Waals surface area (Å²) in [5.74, 6) is 1.45. The van der Waals surface area contributed by atoms with Gasteiger partial charge in [0.15, 0.2) is 5.75 Å². The molecule has 0 aliphatic rings. The highest BCUT2D eigenvalue weighted by atomic mass is 16.5. The number of carbonyl (C=O) groups is 1. The van der Waals surface area contributed by atoms with E-state index in [1.54, 1.807) is 0 Å². The minimum atomic E-state index is -0.494. The van der Waals surface area contributed by atoms with Crippen molar-refractivity contribution >= 4 is 22.4 Å². The number of hydrogen-bond donors (Lipinski definition) is 0. The van der Waals surface area contributed by atoms with E-state index in [4.69, 9.17) is 9.47 Å².